The van der Waals surface area contributed by atoms with Crippen molar-refractivity contribution in [3.8, 4) is 0 Å². The monoisotopic (exact) mass is 183 g/mol. The van der Waals surface area contributed by atoms with Crippen molar-refractivity contribution in [2.24, 2.45) is 23.5 Å². The van der Waals surface area contributed by atoms with Crippen LogP contribution in [-0.2, 0) is 0 Å². The van der Waals surface area contributed by atoms with Crippen molar-refractivity contribution in [3.05, 3.63) is 0 Å². The molecule has 0 bridgehead atoms. The van der Waals surface area contributed by atoms with E-state index in [9.17, 15) is 0 Å². The average Bonchev–Trinajstić information content (AvgIpc) is 2.28. The lowest BCUT2D eigenvalue weighted by molar-refractivity contribution is 0.271. The summed E-state index contributed by atoms with van der Waals surface area (Å²) in [5.74, 6) is 2.59. The van der Waals surface area contributed by atoms with Gasteiger partial charge in [-0.05, 0) is 37.1 Å². The minimum Gasteiger partial charge on any atom is -0.330 e. The highest BCUT2D eigenvalue weighted by atomic mass is 14.6. The lowest BCUT2D eigenvalue weighted by Crippen LogP contribution is -2.23. The van der Waals surface area contributed by atoms with Gasteiger partial charge in [0.15, 0.2) is 0 Å². The molecule has 1 nitrogen and oxygen atoms in total. The summed E-state index contributed by atoms with van der Waals surface area (Å²) in [6.07, 6.45) is 8.49. The second kappa shape index (κ2) is 5.64. The Morgan fingerprint density at radius 2 is 1.69 bits per heavy atom. The summed E-state index contributed by atoms with van der Waals surface area (Å²) in [4.78, 5) is 0. The van der Waals surface area contributed by atoms with Crippen molar-refractivity contribution in [1.29, 1.82) is 0 Å². The number of hydrogen-bond donors (Lipinski definition) is 1. The minimum atomic E-state index is 0.824. The SMILES string of the molecule is CC(C)CC1CCCCCC1CN. The Morgan fingerprint density at radius 1 is 1.08 bits per heavy atom. The van der Waals surface area contributed by atoms with E-state index < -0.39 is 0 Å². The van der Waals surface area contributed by atoms with Crippen LogP contribution in [0.4, 0.5) is 0 Å². The highest BCUT2D eigenvalue weighted by molar-refractivity contribution is 4.75. The maximum Gasteiger partial charge on any atom is -0.00462 e. The van der Waals surface area contributed by atoms with Crippen molar-refractivity contribution in [3.63, 3.8) is 0 Å². The van der Waals surface area contributed by atoms with Gasteiger partial charge >= 0.3 is 0 Å². The van der Waals surface area contributed by atoms with Crippen LogP contribution in [0.25, 0.3) is 0 Å². The van der Waals surface area contributed by atoms with Gasteiger partial charge in [0.2, 0.25) is 0 Å². The van der Waals surface area contributed by atoms with Gasteiger partial charge in [-0.2, -0.15) is 0 Å². The van der Waals surface area contributed by atoms with Gasteiger partial charge < -0.3 is 5.73 Å². The smallest absolute Gasteiger partial charge is 0.00462 e. The third-order valence-electron chi connectivity index (χ3n) is 3.39. The fourth-order valence-electron chi connectivity index (χ4n) is 2.69. The first-order valence-corrected chi connectivity index (χ1v) is 5.94. The third-order valence-corrected chi connectivity index (χ3v) is 3.39. The molecule has 2 unspecified atom stereocenters. The van der Waals surface area contributed by atoms with Crippen molar-refractivity contribution in [2.45, 2.75) is 52.4 Å². The summed E-state index contributed by atoms with van der Waals surface area (Å²) < 4.78 is 0. The van der Waals surface area contributed by atoms with Crippen LogP contribution in [0, 0.1) is 17.8 Å². The molecule has 1 fully saturated rings. The second-order valence-corrected chi connectivity index (χ2v) is 5.02. The van der Waals surface area contributed by atoms with E-state index in [0.29, 0.717) is 0 Å². The van der Waals surface area contributed by atoms with Gasteiger partial charge in [0.1, 0.15) is 0 Å². The quantitative estimate of drug-likeness (QED) is 0.668. The van der Waals surface area contributed by atoms with Crippen LogP contribution in [0.1, 0.15) is 52.4 Å². The third kappa shape index (κ3) is 3.68. The molecule has 2 atom stereocenters. The molecule has 0 amide bonds. The highest BCUT2D eigenvalue weighted by Crippen LogP contribution is 2.32. The van der Waals surface area contributed by atoms with Crippen molar-refractivity contribution >= 4 is 0 Å². The molecule has 0 aromatic rings. The Labute approximate surface area is 83.1 Å². The van der Waals surface area contributed by atoms with Crippen LogP contribution >= 0.6 is 0 Å². The summed E-state index contributed by atoms with van der Waals surface area (Å²) in [5.41, 5.74) is 5.84. The van der Waals surface area contributed by atoms with Crippen LogP contribution in [0.2, 0.25) is 0 Å². The number of nitrogens with two attached hydrogens (primary N) is 1. The second-order valence-electron chi connectivity index (χ2n) is 5.02. The van der Waals surface area contributed by atoms with E-state index in [2.05, 4.69) is 13.8 Å². The van der Waals surface area contributed by atoms with Gasteiger partial charge in [-0.15, -0.1) is 0 Å². The van der Waals surface area contributed by atoms with E-state index in [1.54, 1.807) is 0 Å². The first kappa shape index (κ1) is 11.0. The first-order valence-electron chi connectivity index (χ1n) is 5.94. The molecule has 0 aromatic carbocycles. The topological polar surface area (TPSA) is 26.0 Å². The normalized spacial score (nSPS) is 30.5. The molecule has 0 aliphatic heterocycles. The van der Waals surface area contributed by atoms with Crippen molar-refractivity contribution < 1.29 is 0 Å². The lowest BCUT2D eigenvalue weighted by Gasteiger charge is -2.25. The van der Waals surface area contributed by atoms with Crippen LogP contribution in [0.15, 0.2) is 0 Å². The van der Waals surface area contributed by atoms with E-state index in [4.69, 9.17) is 5.73 Å². The molecule has 1 heteroatoms. The highest BCUT2D eigenvalue weighted by Gasteiger charge is 2.22. The van der Waals surface area contributed by atoms with E-state index in [-0.39, 0.29) is 0 Å². The van der Waals surface area contributed by atoms with Gasteiger partial charge in [0, 0.05) is 0 Å². The fourth-order valence-corrected chi connectivity index (χ4v) is 2.69. The Hall–Kier alpha value is -0.0400. The Kier molecular flexibility index (Phi) is 4.79. The number of rotatable bonds is 3. The van der Waals surface area contributed by atoms with Crippen molar-refractivity contribution in [2.75, 3.05) is 6.54 Å². The predicted molar refractivity (Wildman–Crippen MR) is 58.6 cm³/mol. The molecular weight excluding hydrogens is 158 g/mol. The van der Waals surface area contributed by atoms with Crippen LogP contribution in [-0.4, -0.2) is 6.54 Å². The zero-order valence-electron chi connectivity index (χ0n) is 9.26. The molecule has 1 rings (SSSR count). The largest absolute Gasteiger partial charge is 0.330 e. The van der Waals surface area contributed by atoms with Crippen molar-refractivity contribution in [1.82, 2.24) is 0 Å². The first-order chi connectivity index (χ1) is 6.24. The number of hydrogen-bond acceptors (Lipinski definition) is 1. The van der Waals surface area contributed by atoms with E-state index in [1.807, 2.05) is 0 Å². The molecule has 0 heterocycles. The van der Waals surface area contributed by atoms with Crippen LogP contribution in [0.3, 0.4) is 0 Å². The molecule has 0 spiro atoms. The summed E-state index contributed by atoms with van der Waals surface area (Å²) in [7, 11) is 0. The summed E-state index contributed by atoms with van der Waals surface area (Å²) >= 11 is 0. The van der Waals surface area contributed by atoms with Gasteiger partial charge in [-0.25, -0.2) is 0 Å². The molecule has 13 heavy (non-hydrogen) atoms. The summed E-state index contributed by atoms with van der Waals surface area (Å²) in [5, 5.41) is 0. The van der Waals surface area contributed by atoms with E-state index in [0.717, 1.165) is 24.3 Å². The fraction of sp³-hybridized carbons (Fsp3) is 1.00. The molecule has 0 saturated heterocycles. The summed E-state index contributed by atoms with van der Waals surface area (Å²) in [6.45, 7) is 5.58. The molecule has 0 radical (unpaired) electrons. The minimum absolute atomic E-state index is 0.824. The maximum atomic E-state index is 5.84. The molecule has 78 valence electrons. The maximum absolute atomic E-state index is 5.84. The van der Waals surface area contributed by atoms with E-state index >= 15 is 0 Å². The molecule has 1 aliphatic rings. The van der Waals surface area contributed by atoms with Gasteiger partial charge in [0.05, 0.1) is 0 Å². The zero-order chi connectivity index (χ0) is 9.68. The average molecular weight is 183 g/mol. The van der Waals surface area contributed by atoms with Gasteiger partial charge in [-0.3, -0.25) is 0 Å². The zero-order valence-corrected chi connectivity index (χ0v) is 9.26. The lowest BCUT2D eigenvalue weighted by atomic mass is 9.82. The van der Waals surface area contributed by atoms with Gasteiger partial charge in [0.25, 0.3) is 0 Å². The van der Waals surface area contributed by atoms with Crippen LogP contribution < -0.4 is 5.73 Å². The standard InChI is InChI=1S/C12H25N/c1-10(2)8-11-6-4-3-5-7-12(11)9-13/h10-12H,3-9,13H2,1-2H3. The molecule has 2 N–H and O–H groups in total. The molecule has 0 aromatic heterocycles. The Bertz CT molecular complexity index is 131. The summed E-state index contributed by atoms with van der Waals surface area (Å²) in [6, 6.07) is 0. The van der Waals surface area contributed by atoms with Gasteiger partial charge in [-0.1, -0.05) is 39.5 Å². The predicted octanol–water partition coefficient (Wildman–Crippen LogP) is 3.19. The Balaban J connectivity index is 2.44. The van der Waals surface area contributed by atoms with E-state index in [1.165, 1.54) is 38.5 Å². The van der Waals surface area contributed by atoms with Crippen LogP contribution in [0.5, 0.6) is 0 Å². The molecule has 1 saturated carbocycles. The molecule has 1 aliphatic carbocycles. The molecular formula is C12H25N. The Morgan fingerprint density at radius 3 is 2.23 bits per heavy atom.